The van der Waals surface area contributed by atoms with Crippen molar-refractivity contribution in [1.82, 2.24) is 4.90 Å². The number of carbonyl (C=O) groups excluding carboxylic acids is 1. The Hall–Kier alpha value is -0.530. The van der Waals surface area contributed by atoms with E-state index in [2.05, 4.69) is 13.8 Å². The Bertz CT molecular complexity index is 157. The summed E-state index contributed by atoms with van der Waals surface area (Å²) in [6.07, 6.45) is 2.44. The van der Waals surface area contributed by atoms with Crippen LogP contribution >= 0.6 is 0 Å². The van der Waals surface area contributed by atoms with Crippen LogP contribution < -0.4 is 0 Å². The molecule has 2 atom stereocenters. The van der Waals surface area contributed by atoms with Crippen molar-refractivity contribution in [3.63, 3.8) is 0 Å². The van der Waals surface area contributed by atoms with Gasteiger partial charge in [-0.15, -0.1) is 0 Å². The Kier molecular flexibility index (Phi) is 11.3. The standard InChI is InChI=1S/C9H17NO.2C2H6/c1-7-4-5-8(2)10(6-7)9(3)11;2*1-2/h7-8H,4-6H2,1-3H3;2*1-2H3. The van der Waals surface area contributed by atoms with Gasteiger partial charge in [0.2, 0.25) is 5.91 Å². The lowest BCUT2D eigenvalue weighted by atomic mass is 9.95. The van der Waals surface area contributed by atoms with Gasteiger partial charge in [0, 0.05) is 19.5 Å². The Balaban J connectivity index is 0. The molecule has 92 valence electrons. The molecular formula is C13H29NO. The predicted molar refractivity (Wildman–Crippen MR) is 67.9 cm³/mol. The highest BCUT2D eigenvalue weighted by atomic mass is 16.2. The van der Waals surface area contributed by atoms with Crippen molar-refractivity contribution in [3.05, 3.63) is 0 Å². The Morgan fingerprint density at radius 1 is 1.07 bits per heavy atom. The Morgan fingerprint density at radius 2 is 1.53 bits per heavy atom. The second-order valence-electron chi connectivity index (χ2n) is 3.70. The molecule has 1 aliphatic heterocycles. The lowest BCUT2D eigenvalue weighted by Gasteiger charge is -2.36. The Labute approximate surface area is 96.0 Å². The first kappa shape index (κ1) is 16.9. The molecule has 0 aliphatic carbocycles. The normalized spacial score (nSPS) is 24.3. The molecule has 0 N–H and O–H groups in total. The lowest BCUT2D eigenvalue weighted by molar-refractivity contribution is -0.132. The van der Waals surface area contributed by atoms with Crippen molar-refractivity contribution in [2.45, 2.75) is 67.3 Å². The zero-order valence-corrected chi connectivity index (χ0v) is 11.6. The molecule has 0 saturated carbocycles. The van der Waals surface area contributed by atoms with Gasteiger partial charge in [0.1, 0.15) is 0 Å². The summed E-state index contributed by atoms with van der Waals surface area (Å²) in [5.74, 6) is 0.916. The van der Waals surface area contributed by atoms with Crippen LogP contribution in [0.15, 0.2) is 0 Å². The van der Waals surface area contributed by atoms with Gasteiger partial charge in [-0.1, -0.05) is 34.6 Å². The number of hydrogen-bond donors (Lipinski definition) is 0. The minimum Gasteiger partial charge on any atom is -0.340 e. The molecule has 0 radical (unpaired) electrons. The molecule has 1 heterocycles. The van der Waals surface area contributed by atoms with Crippen molar-refractivity contribution in [2.24, 2.45) is 5.92 Å². The van der Waals surface area contributed by atoms with Crippen LogP contribution in [0.3, 0.4) is 0 Å². The van der Waals surface area contributed by atoms with Crippen LogP contribution in [0, 0.1) is 5.92 Å². The first-order valence-electron chi connectivity index (χ1n) is 6.38. The van der Waals surface area contributed by atoms with Gasteiger partial charge < -0.3 is 4.90 Å². The first-order chi connectivity index (χ1) is 7.11. The number of nitrogens with zero attached hydrogens (tertiary/aromatic N) is 1. The van der Waals surface area contributed by atoms with Gasteiger partial charge in [-0.05, 0) is 25.7 Å². The zero-order valence-electron chi connectivity index (χ0n) is 11.6. The molecule has 1 amide bonds. The van der Waals surface area contributed by atoms with Crippen LogP contribution in [-0.4, -0.2) is 23.4 Å². The van der Waals surface area contributed by atoms with Gasteiger partial charge in [-0.25, -0.2) is 0 Å². The molecule has 0 spiro atoms. The Morgan fingerprint density at radius 3 is 1.87 bits per heavy atom. The maximum absolute atomic E-state index is 11.1. The fourth-order valence-electron chi connectivity index (χ4n) is 1.73. The summed E-state index contributed by atoms with van der Waals surface area (Å²) in [5, 5.41) is 0. The summed E-state index contributed by atoms with van der Waals surface area (Å²) in [6, 6.07) is 0.462. The fraction of sp³-hybridized carbons (Fsp3) is 0.923. The van der Waals surface area contributed by atoms with E-state index in [-0.39, 0.29) is 5.91 Å². The molecule has 2 heteroatoms. The molecule has 2 nitrogen and oxygen atoms in total. The summed E-state index contributed by atoms with van der Waals surface area (Å²) in [6.45, 7) is 15.0. The topological polar surface area (TPSA) is 20.3 Å². The van der Waals surface area contributed by atoms with E-state index >= 15 is 0 Å². The number of piperidine rings is 1. The van der Waals surface area contributed by atoms with E-state index in [0.717, 1.165) is 6.54 Å². The highest BCUT2D eigenvalue weighted by Crippen LogP contribution is 2.20. The van der Waals surface area contributed by atoms with Gasteiger partial charge in [-0.2, -0.15) is 0 Å². The average Bonchev–Trinajstić information content (AvgIpc) is 2.27. The number of hydrogen-bond acceptors (Lipinski definition) is 1. The van der Waals surface area contributed by atoms with E-state index in [9.17, 15) is 4.79 Å². The van der Waals surface area contributed by atoms with Crippen LogP contribution in [-0.2, 0) is 4.79 Å². The van der Waals surface area contributed by atoms with Crippen molar-refractivity contribution in [2.75, 3.05) is 6.54 Å². The van der Waals surface area contributed by atoms with Crippen molar-refractivity contribution >= 4 is 5.91 Å². The van der Waals surface area contributed by atoms with Crippen LogP contribution in [0.2, 0.25) is 0 Å². The summed E-state index contributed by atoms with van der Waals surface area (Å²) in [5.41, 5.74) is 0. The minimum atomic E-state index is 0.226. The number of carbonyl (C=O) groups is 1. The molecular weight excluding hydrogens is 186 g/mol. The number of likely N-dealkylation sites (tertiary alicyclic amines) is 1. The maximum Gasteiger partial charge on any atom is 0.219 e. The highest BCUT2D eigenvalue weighted by molar-refractivity contribution is 5.73. The fourth-order valence-corrected chi connectivity index (χ4v) is 1.73. The van der Waals surface area contributed by atoms with Crippen molar-refractivity contribution in [1.29, 1.82) is 0 Å². The molecule has 1 rings (SSSR count). The molecule has 0 aromatic rings. The van der Waals surface area contributed by atoms with Gasteiger partial charge in [0.25, 0.3) is 0 Å². The van der Waals surface area contributed by atoms with Gasteiger partial charge >= 0.3 is 0 Å². The average molecular weight is 215 g/mol. The lowest BCUT2D eigenvalue weighted by Crippen LogP contribution is -2.43. The smallest absolute Gasteiger partial charge is 0.219 e. The van der Waals surface area contributed by atoms with Gasteiger partial charge in [0.15, 0.2) is 0 Å². The second kappa shape index (κ2) is 10.0. The van der Waals surface area contributed by atoms with E-state index < -0.39 is 0 Å². The third-order valence-electron chi connectivity index (χ3n) is 2.52. The summed E-state index contributed by atoms with van der Waals surface area (Å²) < 4.78 is 0. The summed E-state index contributed by atoms with van der Waals surface area (Å²) in [7, 11) is 0. The molecule has 15 heavy (non-hydrogen) atoms. The molecule has 0 aromatic carbocycles. The van der Waals surface area contributed by atoms with Crippen LogP contribution in [0.4, 0.5) is 0 Å². The van der Waals surface area contributed by atoms with Crippen molar-refractivity contribution in [3.8, 4) is 0 Å². The highest BCUT2D eigenvalue weighted by Gasteiger charge is 2.23. The van der Waals surface area contributed by atoms with E-state index in [1.807, 2.05) is 32.6 Å². The molecule has 0 bridgehead atoms. The molecule has 2 unspecified atom stereocenters. The molecule has 1 aliphatic rings. The largest absolute Gasteiger partial charge is 0.340 e. The van der Waals surface area contributed by atoms with Gasteiger partial charge in [0.05, 0.1) is 0 Å². The van der Waals surface area contributed by atoms with E-state index in [1.165, 1.54) is 12.8 Å². The predicted octanol–water partition coefficient (Wildman–Crippen LogP) is 3.71. The zero-order chi connectivity index (χ0) is 12.4. The summed E-state index contributed by atoms with van der Waals surface area (Å²) in [4.78, 5) is 13.1. The van der Waals surface area contributed by atoms with Crippen LogP contribution in [0.25, 0.3) is 0 Å². The van der Waals surface area contributed by atoms with E-state index in [0.29, 0.717) is 12.0 Å². The third kappa shape index (κ3) is 6.53. The molecule has 0 aromatic heterocycles. The molecule has 1 fully saturated rings. The quantitative estimate of drug-likeness (QED) is 0.603. The second-order valence-corrected chi connectivity index (χ2v) is 3.70. The summed E-state index contributed by atoms with van der Waals surface area (Å²) >= 11 is 0. The van der Waals surface area contributed by atoms with Gasteiger partial charge in [-0.3, -0.25) is 4.79 Å². The monoisotopic (exact) mass is 215 g/mol. The third-order valence-corrected chi connectivity index (χ3v) is 2.52. The van der Waals surface area contributed by atoms with Crippen LogP contribution in [0.1, 0.15) is 61.3 Å². The van der Waals surface area contributed by atoms with E-state index in [4.69, 9.17) is 0 Å². The first-order valence-corrected chi connectivity index (χ1v) is 6.38. The number of amides is 1. The van der Waals surface area contributed by atoms with Crippen molar-refractivity contribution < 1.29 is 4.79 Å². The van der Waals surface area contributed by atoms with Crippen LogP contribution in [0.5, 0.6) is 0 Å². The van der Waals surface area contributed by atoms with E-state index in [1.54, 1.807) is 6.92 Å². The number of rotatable bonds is 0. The molecule has 1 saturated heterocycles. The SMILES string of the molecule is CC.CC.CC(=O)N1CC(C)CCC1C. The maximum atomic E-state index is 11.1. The minimum absolute atomic E-state index is 0.226.